The van der Waals surface area contributed by atoms with E-state index in [1.54, 1.807) is 60.7 Å². The number of para-hydroxylation sites is 2. The summed E-state index contributed by atoms with van der Waals surface area (Å²) in [6.45, 7) is 0. The van der Waals surface area contributed by atoms with Crippen molar-refractivity contribution in [3.63, 3.8) is 0 Å². The van der Waals surface area contributed by atoms with Gasteiger partial charge in [-0.25, -0.2) is 0 Å². The van der Waals surface area contributed by atoms with Gasteiger partial charge in [0.1, 0.15) is 0 Å². The van der Waals surface area contributed by atoms with Crippen LogP contribution in [0.1, 0.15) is 0 Å². The maximum atomic E-state index is 10.5. The summed E-state index contributed by atoms with van der Waals surface area (Å²) in [6, 6.07) is 16.5. The Morgan fingerprint density at radius 2 is 0.952 bits per heavy atom. The van der Waals surface area contributed by atoms with Crippen LogP contribution >= 0.6 is 0 Å². The second kappa shape index (κ2) is 10.2. The molecule has 2 aromatic carbocycles. The molecular formula is C12H12N4NiO4. The fraction of sp³-hybridized carbons (Fsp3) is 0. The molecule has 0 aliphatic rings. The average molecular weight is 335 g/mol. The summed E-state index contributed by atoms with van der Waals surface area (Å²) in [5.74, 6) is 0. The molecule has 0 aromatic heterocycles. The van der Waals surface area contributed by atoms with Crippen LogP contribution in [-0.2, 0) is 16.5 Å². The molecule has 0 aliphatic carbocycles. The predicted octanol–water partition coefficient (Wildman–Crippen LogP) is 3.34. The monoisotopic (exact) mass is 334 g/mol. The summed E-state index contributed by atoms with van der Waals surface area (Å²) in [5.41, 5.74) is 0.620. The minimum atomic E-state index is 0. The van der Waals surface area contributed by atoms with Gasteiger partial charge in [0.15, 0.2) is 0 Å². The predicted molar refractivity (Wildman–Crippen MR) is 67.9 cm³/mol. The zero-order valence-corrected chi connectivity index (χ0v) is 11.6. The van der Waals surface area contributed by atoms with Gasteiger partial charge in [-0.3, -0.25) is 0 Å². The Labute approximate surface area is 130 Å². The molecule has 0 atom stereocenters. The molecule has 9 heteroatoms. The van der Waals surface area contributed by atoms with Gasteiger partial charge in [0.2, 0.25) is 21.9 Å². The van der Waals surface area contributed by atoms with E-state index in [1.807, 2.05) is 0 Å². The summed E-state index contributed by atoms with van der Waals surface area (Å²) in [5, 5.41) is 42.0. The first-order valence-electron chi connectivity index (χ1n) is 5.43. The van der Waals surface area contributed by atoms with E-state index in [4.69, 9.17) is 10.4 Å². The second-order valence-electron chi connectivity index (χ2n) is 3.40. The smallest absolute Gasteiger partial charge is 0.248 e. The first-order valence-corrected chi connectivity index (χ1v) is 5.43. The summed E-state index contributed by atoms with van der Waals surface area (Å²) < 4.78 is 0. The summed E-state index contributed by atoms with van der Waals surface area (Å²) in [7, 11) is 0. The third kappa shape index (κ3) is 6.35. The van der Waals surface area contributed by atoms with E-state index in [9.17, 15) is 10.4 Å². The third-order valence-electron chi connectivity index (χ3n) is 2.12. The Kier molecular flexibility index (Phi) is 8.87. The molecule has 0 bridgehead atoms. The molecule has 21 heavy (non-hydrogen) atoms. The van der Waals surface area contributed by atoms with Crippen molar-refractivity contribution < 1.29 is 36.6 Å². The van der Waals surface area contributed by atoms with Crippen LogP contribution in [0, 0.1) is 10.4 Å². The van der Waals surface area contributed by atoms with E-state index >= 15 is 0 Å². The SMILES string of the molecule is [Ni].[O-]/[N+](=N\O)c1ccccc1.[O-]/[N+](=N\O)c1ccccc1. The molecular weight excluding hydrogens is 323 g/mol. The van der Waals surface area contributed by atoms with E-state index < -0.39 is 0 Å². The number of rotatable bonds is 2. The zero-order valence-electron chi connectivity index (χ0n) is 10.6. The molecule has 0 saturated carbocycles. The number of benzene rings is 2. The molecule has 0 amide bonds. The molecule has 0 saturated heterocycles. The molecule has 0 aliphatic heterocycles. The van der Waals surface area contributed by atoms with Crippen LogP contribution in [0.15, 0.2) is 71.2 Å². The van der Waals surface area contributed by atoms with Crippen LogP contribution in [0.2, 0.25) is 0 Å². The van der Waals surface area contributed by atoms with Gasteiger partial charge in [0, 0.05) is 40.8 Å². The number of hydrogen-bond acceptors (Lipinski definition) is 4. The summed E-state index contributed by atoms with van der Waals surface area (Å²) in [6.07, 6.45) is 0. The fourth-order valence-electron chi connectivity index (χ4n) is 1.21. The topological polar surface area (TPSA) is 117 Å². The van der Waals surface area contributed by atoms with Crippen LogP contribution in [0.25, 0.3) is 0 Å². The Bertz CT molecular complexity index is 525. The van der Waals surface area contributed by atoms with Crippen LogP contribution < -0.4 is 0 Å². The molecule has 0 unspecified atom stereocenters. The van der Waals surface area contributed by atoms with E-state index in [-0.39, 0.29) is 26.2 Å². The molecule has 2 aromatic rings. The van der Waals surface area contributed by atoms with Crippen molar-refractivity contribution in [2.24, 2.45) is 10.6 Å². The van der Waals surface area contributed by atoms with Gasteiger partial charge in [0.25, 0.3) is 0 Å². The minimum Gasteiger partial charge on any atom is -0.592 e. The average Bonchev–Trinajstić information content (AvgIpc) is 2.55. The van der Waals surface area contributed by atoms with Crippen molar-refractivity contribution in [2.75, 3.05) is 0 Å². The van der Waals surface area contributed by atoms with Gasteiger partial charge in [-0.15, -0.1) is 0 Å². The van der Waals surface area contributed by atoms with Gasteiger partial charge in [-0.2, -0.15) is 0 Å². The van der Waals surface area contributed by atoms with Gasteiger partial charge >= 0.3 is 0 Å². The van der Waals surface area contributed by atoms with E-state index in [0.29, 0.717) is 11.4 Å². The van der Waals surface area contributed by atoms with Crippen molar-refractivity contribution in [3.05, 3.63) is 71.1 Å². The fourth-order valence-corrected chi connectivity index (χ4v) is 1.21. The largest absolute Gasteiger partial charge is 0.592 e. The molecule has 0 heterocycles. The normalized spacial score (nSPS) is 10.9. The van der Waals surface area contributed by atoms with Crippen LogP contribution in [0.4, 0.5) is 11.4 Å². The number of hydrogen-bond donors (Lipinski definition) is 2. The van der Waals surface area contributed by atoms with Gasteiger partial charge < -0.3 is 20.8 Å². The number of nitrogens with zero attached hydrogens (tertiary/aromatic N) is 4. The third-order valence-corrected chi connectivity index (χ3v) is 2.12. The van der Waals surface area contributed by atoms with Gasteiger partial charge in [0.05, 0.1) is 0 Å². The van der Waals surface area contributed by atoms with E-state index in [0.717, 1.165) is 0 Å². The molecule has 0 spiro atoms. The second-order valence-corrected chi connectivity index (χ2v) is 3.40. The van der Waals surface area contributed by atoms with Crippen molar-refractivity contribution in [3.8, 4) is 0 Å². The summed E-state index contributed by atoms with van der Waals surface area (Å²) in [4.78, 5) is 0.278. The molecule has 2 rings (SSSR count). The van der Waals surface area contributed by atoms with Crippen LogP contribution in [-0.4, -0.2) is 20.1 Å². The first kappa shape index (κ1) is 18.3. The maximum Gasteiger partial charge on any atom is 0.248 e. The Morgan fingerprint density at radius 1 is 0.667 bits per heavy atom. The molecule has 0 radical (unpaired) electrons. The van der Waals surface area contributed by atoms with Crippen molar-refractivity contribution in [1.82, 2.24) is 0 Å². The van der Waals surface area contributed by atoms with E-state index in [1.165, 1.54) is 0 Å². The molecule has 2 N–H and O–H groups in total. The van der Waals surface area contributed by atoms with E-state index in [2.05, 4.69) is 10.6 Å². The van der Waals surface area contributed by atoms with Gasteiger partial charge in [-0.1, -0.05) is 36.4 Å². The quantitative estimate of drug-likeness (QED) is 0.379. The molecule has 0 fully saturated rings. The Hall–Kier alpha value is -2.67. The standard InChI is InChI=1S/2C6H6N2O2.Ni/c2*9-7-8(10)6-4-2-1-3-5-6;/h2*1-5,9H;/b2*8-7-;. The first-order chi connectivity index (χ1) is 9.69. The van der Waals surface area contributed by atoms with Crippen molar-refractivity contribution in [1.29, 1.82) is 0 Å². The molecule has 114 valence electrons. The van der Waals surface area contributed by atoms with Crippen LogP contribution in [0.5, 0.6) is 0 Å². The van der Waals surface area contributed by atoms with Gasteiger partial charge in [-0.05, 0) is 9.72 Å². The Balaban J connectivity index is 0.000000364. The molecule has 8 nitrogen and oxygen atoms in total. The maximum absolute atomic E-state index is 10.5. The minimum absolute atomic E-state index is 0. The Morgan fingerprint density at radius 3 is 1.19 bits per heavy atom. The summed E-state index contributed by atoms with van der Waals surface area (Å²) >= 11 is 0. The zero-order chi connectivity index (χ0) is 14.8. The van der Waals surface area contributed by atoms with Crippen molar-refractivity contribution in [2.45, 2.75) is 0 Å². The van der Waals surface area contributed by atoms with Crippen molar-refractivity contribution >= 4 is 11.4 Å². The van der Waals surface area contributed by atoms with Crippen LogP contribution in [0.3, 0.4) is 0 Å².